The summed E-state index contributed by atoms with van der Waals surface area (Å²) < 4.78 is 6.25. The van der Waals surface area contributed by atoms with E-state index in [1.165, 1.54) is 11.7 Å². The van der Waals surface area contributed by atoms with E-state index in [1.807, 2.05) is 6.07 Å². The SMILES string of the molecule is COc1cccc(NC(=O)Cn2c(N)nc(C#N)c2C#N)c1. The van der Waals surface area contributed by atoms with Crippen molar-refractivity contribution in [2.75, 3.05) is 18.2 Å². The molecule has 2 aromatic rings. The van der Waals surface area contributed by atoms with Gasteiger partial charge in [-0.3, -0.25) is 9.36 Å². The standard InChI is InChI=1S/C14H12N6O2/c1-22-10-4-2-3-9(5-10)18-13(21)8-20-12(7-16)11(6-15)19-14(20)17/h2-5H,8H2,1H3,(H2,17,19)(H,18,21). The van der Waals surface area contributed by atoms with Gasteiger partial charge in [-0.05, 0) is 12.1 Å². The minimum atomic E-state index is -0.404. The molecule has 1 heterocycles. The second kappa shape index (κ2) is 6.29. The number of hydrogen-bond donors (Lipinski definition) is 2. The van der Waals surface area contributed by atoms with Crippen LogP contribution in [0.1, 0.15) is 11.4 Å². The van der Waals surface area contributed by atoms with Gasteiger partial charge < -0.3 is 15.8 Å². The number of rotatable bonds is 4. The number of nitriles is 2. The summed E-state index contributed by atoms with van der Waals surface area (Å²) in [7, 11) is 1.52. The van der Waals surface area contributed by atoms with E-state index in [0.29, 0.717) is 11.4 Å². The average molecular weight is 296 g/mol. The first kappa shape index (κ1) is 14.9. The molecule has 8 nitrogen and oxygen atoms in total. The van der Waals surface area contributed by atoms with Gasteiger partial charge in [-0.2, -0.15) is 10.5 Å². The zero-order valence-corrected chi connectivity index (χ0v) is 11.7. The van der Waals surface area contributed by atoms with Gasteiger partial charge in [0.1, 0.15) is 24.4 Å². The van der Waals surface area contributed by atoms with Crippen LogP contribution >= 0.6 is 0 Å². The first-order valence-corrected chi connectivity index (χ1v) is 6.19. The molecule has 0 saturated carbocycles. The third kappa shape index (κ3) is 2.97. The second-order valence-corrected chi connectivity index (χ2v) is 4.26. The molecule has 3 N–H and O–H groups in total. The molecular weight excluding hydrogens is 284 g/mol. The normalized spacial score (nSPS) is 9.59. The second-order valence-electron chi connectivity index (χ2n) is 4.26. The van der Waals surface area contributed by atoms with Crippen molar-refractivity contribution >= 4 is 17.5 Å². The number of nitrogens with one attached hydrogen (secondary N) is 1. The molecule has 1 aromatic carbocycles. The Morgan fingerprint density at radius 1 is 1.45 bits per heavy atom. The van der Waals surface area contributed by atoms with Crippen molar-refractivity contribution in [3.63, 3.8) is 0 Å². The van der Waals surface area contributed by atoms with Gasteiger partial charge in [0.2, 0.25) is 11.9 Å². The van der Waals surface area contributed by atoms with Crippen LogP contribution in [0.4, 0.5) is 11.6 Å². The molecule has 0 aliphatic rings. The van der Waals surface area contributed by atoms with E-state index in [4.69, 9.17) is 21.0 Å². The van der Waals surface area contributed by atoms with Gasteiger partial charge in [0, 0.05) is 11.8 Å². The van der Waals surface area contributed by atoms with Crippen LogP contribution in [0, 0.1) is 22.7 Å². The highest BCUT2D eigenvalue weighted by molar-refractivity contribution is 5.91. The lowest BCUT2D eigenvalue weighted by molar-refractivity contribution is -0.116. The third-order valence-electron chi connectivity index (χ3n) is 2.86. The zero-order valence-electron chi connectivity index (χ0n) is 11.7. The first-order chi connectivity index (χ1) is 10.6. The molecule has 0 spiro atoms. The molecule has 0 aliphatic carbocycles. The predicted molar refractivity (Wildman–Crippen MR) is 77.7 cm³/mol. The lowest BCUT2D eigenvalue weighted by atomic mass is 10.3. The number of benzene rings is 1. The molecular formula is C14H12N6O2. The number of carbonyl (C=O) groups is 1. The lowest BCUT2D eigenvalue weighted by Crippen LogP contribution is -2.20. The van der Waals surface area contributed by atoms with E-state index < -0.39 is 5.91 Å². The number of aromatic nitrogens is 2. The number of nitrogen functional groups attached to an aromatic ring is 1. The van der Waals surface area contributed by atoms with Crippen molar-refractivity contribution in [2.45, 2.75) is 6.54 Å². The number of anilines is 2. The number of nitrogens with two attached hydrogens (primary N) is 1. The van der Waals surface area contributed by atoms with Crippen LogP contribution in [0.5, 0.6) is 5.75 Å². The number of amides is 1. The highest BCUT2D eigenvalue weighted by Crippen LogP contribution is 2.17. The number of imidazole rings is 1. The average Bonchev–Trinajstić information content (AvgIpc) is 2.82. The molecule has 8 heteroatoms. The molecule has 0 saturated heterocycles. The first-order valence-electron chi connectivity index (χ1n) is 6.19. The fraction of sp³-hybridized carbons (Fsp3) is 0.143. The van der Waals surface area contributed by atoms with Crippen molar-refractivity contribution in [3.8, 4) is 17.9 Å². The Labute approximate surface area is 126 Å². The number of carbonyl (C=O) groups excluding carboxylic acids is 1. The summed E-state index contributed by atoms with van der Waals surface area (Å²) >= 11 is 0. The largest absolute Gasteiger partial charge is 0.497 e. The van der Waals surface area contributed by atoms with Crippen molar-refractivity contribution in [1.82, 2.24) is 9.55 Å². The minimum Gasteiger partial charge on any atom is -0.497 e. The number of hydrogen-bond acceptors (Lipinski definition) is 6. The highest BCUT2D eigenvalue weighted by atomic mass is 16.5. The Morgan fingerprint density at radius 2 is 2.23 bits per heavy atom. The van der Waals surface area contributed by atoms with Crippen molar-refractivity contribution in [2.24, 2.45) is 0 Å². The Hall–Kier alpha value is -3.52. The van der Waals surface area contributed by atoms with Gasteiger partial charge in [0.25, 0.3) is 0 Å². The fourth-order valence-electron chi connectivity index (χ4n) is 1.87. The monoisotopic (exact) mass is 296 g/mol. The summed E-state index contributed by atoms with van der Waals surface area (Å²) in [6, 6.07) is 10.4. The molecule has 0 fully saturated rings. The van der Waals surface area contributed by atoms with Gasteiger partial charge >= 0.3 is 0 Å². The smallest absolute Gasteiger partial charge is 0.244 e. The van der Waals surface area contributed by atoms with E-state index in [0.717, 1.165) is 0 Å². The van der Waals surface area contributed by atoms with Crippen molar-refractivity contribution in [1.29, 1.82) is 10.5 Å². The molecule has 22 heavy (non-hydrogen) atoms. The molecule has 0 atom stereocenters. The summed E-state index contributed by atoms with van der Waals surface area (Å²) in [4.78, 5) is 15.8. The Bertz CT molecular complexity index is 797. The van der Waals surface area contributed by atoms with E-state index in [1.54, 1.807) is 30.3 Å². The van der Waals surface area contributed by atoms with Crippen molar-refractivity contribution in [3.05, 3.63) is 35.7 Å². The molecule has 0 unspecified atom stereocenters. The minimum absolute atomic E-state index is 0.0409. The van der Waals surface area contributed by atoms with Gasteiger partial charge in [0.15, 0.2) is 11.4 Å². The van der Waals surface area contributed by atoms with Crippen molar-refractivity contribution < 1.29 is 9.53 Å². The summed E-state index contributed by atoms with van der Waals surface area (Å²) in [5, 5.41) is 20.6. The van der Waals surface area contributed by atoms with E-state index in [2.05, 4.69) is 10.3 Å². The third-order valence-corrected chi connectivity index (χ3v) is 2.86. The van der Waals surface area contributed by atoms with Crippen LogP contribution in [-0.2, 0) is 11.3 Å². The maximum Gasteiger partial charge on any atom is 0.244 e. The highest BCUT2D eigenvalue weighted by Gasteiger charge is 2.17. The maximum absolute atomic E-state index is 12.1. The molecule has 2 rings (SSSR count). The summed E-state index contributed by atoms with van der Waals surface area (Å²) in [6.07, 6.45) is 0. The molecule has 0 aliphatic heterocycles. The Balaban J connectivity index is 2.18. The number of ether oxygens (including phenoxy) is 1. The van der Waals surface area contributed by atoms with Crippen LogP contribution in [-0.4, -0.2) is 22.6 Å². The van der Waals surface area contributed by atoms with Crippen LogP contribution in [0.2, 0.25) is 0 Å². The summed E-state index contributed by atoms with van der Waals surface area (Å²) in [5.41, 5.74) is 6.03. The summed E-state index contributed by atoms with van der Waals surface area (Å²) in [6.45, 7) is -0.222. The lowest BCUT2D eigenvalue weighted by Gasteiger charge is -2.08. The van der Waals surface area contributed by atoms with E-state index in [9.17, 15) is 4.79 Å². The van der Waals surface area contributed by atoms with Gasteiger partial charge in [-0.1, -0.05) is 6.07 Å². The number of nitrogens with zero attached hydrogens (tertiary/aromatic N) is 4. The Kier molecular flexibility index (Phi) is 4.25. The van der Waals surface area contributed by atoms with Gasteiger partial charge in [0.05, 0.1) is 7.11 Å². The van der Waals surface area contributed by atoms with Crippen LogP contribution in [0.3, 0.4) is 0 Å². The van der Waals surface area contributed by atoms with E-state index >= 15 is 0 Å². The maximum atomic E-state index is 12.1. The van der Waals surface area contributed by atoms with Crippen LogP contribution < -0.4 is 15.8 Å². The number of methoxy groups -OCH3 is 1. The predicted octanol–water partition coefficient (Wildman–Crippen LogP) is 0.856. The topological polar surface area (TPSA) is 130 Å². The molecule has 110 valence electrons. The Morgan fingerprint density at radius 3 is 2.86 bits per heavy atom. The molecule has 1 amide bonds. The molecule has 0 radical (unpaired) electrons. The van der Waals surface area contributed by atoms with E-state index in [-0.39, 0.29) is 23.9 Å². The van der Waals surface area contributed by atoms with Gasteiger partial charge in [-0.15, -0.1) is 0 Å². The molecule has 1 aromatic heterocycles. The van der Waals surface area contributed by atoms with Crippen LogP contribution in [0.15, 0.2) is 24.3 Å². The van der Waals surface area contributed by atoms with Crippen LogP contribution in [0.25, 0.3) is 0 Å². The fourth-order valence-corrected chi connectivity index (χ4v) is 1.87. The summed E-state index contributed by atoms with van der Waals surface area (Å²) in [5.74, 6) is 0.136. The zero-order chi connectivity index (χ0) is 16.1. The van der Waals surface area contributed by atoms with Gasteiger partial charge in [-0.25, -0.2) is 4.98 Å². The molecule has 0 bridgehead atoms. The quantitative estimate of drug-likeness (QED) is 0.860.